The fourth-order valence-corrected chi connectivity index (χ4v) is 5.99. The number of benzene rings is 2. The molecular weight excluding hydrogens is 566 g/mol. The van der Waals surface area contributed by atoms with Crippen molar-refractivity contribution < 1.29 is 45.8 Å². The van der Waals surface area contributed by atoms with Gasteiger partial charge in [0.05, 0.1) is 23.3 Å². The van der Waals surface area contributed by atoms with E-state index in [4.69, 9.17) is 4.74 Å². The molecule has 2 aromatic rings. The number of amides is 2. The Balaban J connectivity index is 1.51. The van der Waals surface area contributed by atoms with Gasteiger partial charge in [-0.15, -0.1) is 0 Å². The number of alkyl halides is 6. The van der Waals surface area contributed by atoms with Crippen LogP contribution in [0.3, 0.4) is 0 Å². The van der Waals surface area contributed by atoms with E-state index in [1.807, 2.05) is 30.3 Å². The molecule has 1 aliphatic heterocycles. The maximum atomic E-state index is 13.5. The topological polar surface area (TPSA) is 70.1 Å². The molecule has 12 heteroatoms. The summed E-state index contributed by atoms with van der Waals surface area (Å²) in [4.78, 5) is 27.8. The van der Waals surface area contributed by atoms with Crippen LogP contribution in [-0.4, -0.2) is 59.2 Å². The molecule has 2 aliphatic rings. The van der Waals surface area contributed by atoms with Gasteiger partial charge >= 0.3 is 18.4 Å². The monoisotopic (exact) mass is 600 g/mol. The first-order valence-corrected chi connectivity index (χ1v) is 13.9. The molecular formula is C30H34F6N2O4. The van der Waals surface area contributed by atoms with Gasteiger partial charge in [-0.2, -0.15) is 26.3 Å². The maximum absolute atomic E-state index is 13.5. The van der Waals surface area contributed by atoms with Crippen molar-refractivity contribution in [2.45, 2.75) is 75.5 Å². The van der Waals surface area contributed by atoms with E-state index in [-0.39, 0.29) is 42.0 Å². The van der Waals surface area contributed by atoms with Crippen LogP contribution in [0.4, 0.5) is 31.1 Å². The van der Waals surface area contributed by atoms with Crippen molar-refractivity contribution in [3.05, 3.63) is 70.8 Å². The highest BCUT2D eigenvalue weighted by molar-refractivity contribution is 5.79. The summed E-state index contributed by atoms with van der Waals surface area (Å²) in [7, 11) is 1.52. The summed E-state index contributed by atoms with van der Waals surface area (Å²) in [5.74, 6) is -0.637. The van der Waals surface area contributed by atoms with Gasteiger partial charge < -0.3 is 19.6 Å². The maximum Gasteiger partial charge on any atom is 0.416 e. The molecule has 2 aromatic carbocycles. The highest BCUT2D eigenvalue weighted by Gasteiger charge is 2.40. The van der Waals surface area contributed by atoms with Crippen LogP contribution in [0.5, 0.6) is 0 Å². The lowest BCUT2D eigenvalue weighted by Crippen LogP contribution is -2.49. The molecule has 0 aromatic heterocycles. The largest absolute Gasteiger partial charge is 0.465 e. The number of halogens is 6. The van der Waals surface area contributed by atoms with E-state index in [1.165, 1.54) is 18.9 Å². The minimum absolute atomic E-state index is 0.0356. The van der Waals surface area contributed by atoms with Crippen LogP contribution < -0.4 is 0 Å². The average Bonchev–Trinajstić information content (AvgIpc) is 2.96. The minimum Gasteiger partial charge on any atom is -0.465 e. The Labute approximate surface area is 240 Å². The number of likely N-dealkylation sites (tertiary alicyclic amines) is 1. The van der Waals surface area contributed by atoms with Gasteiger partial charge in [-0.1, -0.05) is 30.3 Å². The number of nitrogens with zero attached hydrogens (tertiary/aromatic N) is 2. The van der Waals surface area contributed by atoms with Crippen molar-refractivity contribution in [2.75, 3.05) is 20.1 Å². The third kappa shape index (κ3) is 7.37. The molecule has 1 N–H and O–H groups in total. The van der Waals surface area contributed by atoms with Crippen molar-refractivity contribution in [2.24, 2.45) is 5.92 Å². The second kappa shape index (κ2) is 12.5. The summed E-state index contributed by atoms with van der Waals surface area (Å²) in [5.41, 5.74) is -2.18. The predicted octanol–water partition coefficient (Wildman–Crippen LogP) is 7.36. The number of hydrogen-bond donors (Lipinski definition) is 1. The lowest BCUT2D eigenvalue weighted by Gasteiger charge is -2.42. The molecule has 230 valence electrons. The normalized spacial score (nSPS) is 24.2. The third-order valence-corrected chi connectivity index (χ3v) is 8.44. The number of ether oxygens (including phenoxy) is 1. The number of piperidine rings is 1. The Bertz CT molecular complexity index is 1210. The van der Waals surface area contributed by atoms with Crippen molar-refractivity contribution in [1.82, 2.24) is 9.80 Å². The third-order valence-electron chi connectivity index (χ3n) is 8.44. The van der Waals surface area contributed by atoms with Gasteiger partial charge in [0.15, 0.2) is 0 Å². The molecule has 1 aliphatic carbocycles. The summed E-state index contributed by atoms with van der Waals surface area (Å²) in [5, 5.41) is 9.25. The van der Waals surface area contributed by atoms with Crippen LogP contribution in [0.15, 0.2) is 48.5 Å². The lowest BCUT2D eigenvalue weighted by atomic mass is 9.83. The molecule has 1 heterocycles. The Morgan fingerprint density at radius 2 is 1.50 bits per heavy atom. The second-order valence-electron chi connectivity index (χ2n) is 11.1. The van der Waals surface area contributed by atoms with Crippen molar-refractivity contribution >= 4 is 12.0 Å². The first kappa shape index (κ1) is 31.7. The SMILES string of the molecule is C[C@@H](O[C@H]1CCN(C(=O)[C@H]2CC[C@H](N(C)C(=O)O)CC2)C[C@H]1c1ccccc1)c1cc(C(F)(F)F)cc(C(F)(F)F)c1. The number of rotatable bonds is 6. The zero-order chi connectivity index (χ0) is 30.8. The highest BCUT2D eigenvalue weighted by Crippen LogP contribution is 2.40. The lowest BCUT2D eigenvalue weighted by molar-refractivity contribution is -0.143. The standard InChI is InChI=1S/C30H34F6N2O4/c1-18(21-14-22(29(31,32)33)16-23(15-21)30(34,35)36)42-26-12-13-38(17-25(26)19-6-4-3-5-7-19)27(39)20-8-10-24(11-9-20)37(2)28(40)41/h3-7,14-16,18,20,24-26H,8-13,17H2,1-2H3,(H,40,41)/t18-,20-,24-,25+,26+/m1/s1. The smallest absolute Gasteiger partial charge is 0.416 e. The molecule has 3 atom stereocenters. The first-order valence-electron chi connectivity index (χ1n) is 13.9. The van der Waals surface area contributed by atoms with Crippen molar-refractivity contribution in [3.8, 4) is 0 Å². The fraction of sp³-hybridized carbons (Fsp3) is 0.533. The molecule has 2 fully saturated rings. The van der Waals surface area contributed by atoms with Gasteiger partial charge in [0.25, 0.3) is 0 Å². The van der Waals surface area contributed by atoms with Crippen molar-refractivity contribution in [1.29, 1.82) is 0 Å². The summed E-state index contributed by atoms with van der Waals surface area (Å²) >= 11 is 0. The van der Waals surface area contributed by atoms with Crippen LogP contribution >= 0.6 is 0 Å². The van der Waals surface area contributed by atoms with E-state index in [2.05, 4.69) is 0 Å². The van der Waals surface area contributed by atoms with Gasteiger partial charge in [0.2, 0.25) is 5.91 Å². The zero-order valence-electron chi connectivity index (χ0n) is 23.3. The number of carbonyl (C=O) groups is 2. The molecule has 0 unspecified atom stereocenters. The van der Waals surface area contributed by atoms with E-state index in [9.17, 15) is 41.0 Å². The fourth-order valence-electron chi connectivity index (χ4n) is 5.99. The Kier molecular flexibility index (Phi) is 9.44. The Hall–Kier alpha value is -3.28. The van der Waals surface area contributed by atoms with Crippen LogP contribution in [0, 0.1) is 5.92 Å². The van der Waals surface area contributed by atoms with E-state index >= 15 is 0 Å². The van der Waals surface area contributed by atoms with Gasteiger partial charge in [-0.3, -0.25) is 4.79 Å². The van der Waals surface area contributed by atoms with Gasteiger partial charge in [-0.05, 0) is 68.4 Å². The molecule has 0 radical (unpaired) electrons. The summed E-state index contributed by atoms with van der Waals surface area (Å²) in [6.07, 6.45) is -9.95. The summed E-state index contributed by atoms with van der Waals surface area (Å²) < 4.78 is 86.8. The van der Waals surface area contributed by atoms with Crippen LogP contribution in [0.1, 0.15) is 73.3 Å². The van der Waals surface area contributed by atoms with E-state index in [1.54, 1.807) is 4.90 Å². The molecule has 2 amide bonds. The van der Waals surface area contributed by atoms with Gasteiger partial charge in [-0.25, -0.2) is 4.79 Å². The zero-order valence-corrected chi connectivity index (χ0v) is 23.3. The Morgan fingerprint density at radius 3 is 2.02 bits per heavy atom. The van der Waals surface area contributed by atoms with Crippen molar-refractivity contribution in [3.63, 3.8) is 0 Å². The van der Waals surface area contributed by atoms with Crippen LogP contribution in [0.25, 0.3) is 0 Å². The van der Waals surface area contributed by atoms with Gasteiger partial charge in [0, 0.05) is 38.0 Å². The molecule has 42 heavy (non-hydrogen) atoms. The average molecular weight is 601 g/mol. The van der Waals surface area contributed by atoms with E-state index < -0.39 is 41.8 Å². The predicted molar refractivity (Wildman–Crippen MR) is 142 cm³/mol. The molecule has 1 saturated carbocycles. The first-order chi connectivity index (χ1) is 19.6. The Morgan fingerprint density at radius 1 is 0.929 bits per heavy atom. The number of carboxylic acid groups (broad SMARTS) is 1. The highest BCUT2D eigenvalue weighted by atomic mass is 19.4. The van der Waals surface area contributed by atoms with Crippen LogP contribution in [0.2, 0.25) is 0 Å². The van der Waals surface area contributed by atoms with E-state index in [0.29, 0.717) is 50.8 Å². The number of carbonyl (C=O) groups excluding carboxylic acids is 1. The molecule has 4 rings (SSSR count). The number of hydrogen-bond acceptors (Lipinski definition) is 3. The quantitative estimate of drug-likeness (QED) is 0.352. The summed E-state index contributed by atoms with van der Waals surface area (Å²) in [6, 6.07) is 10.5. The molecule has 0 spiro atoms. The van der Waals surface area contributed by atoms with E-state index in [0.717, 1.165) is 5.56 Å². The summed E-state index contributed by atoms with van der Waals surface area (Å²) in [6.45, 7) is 2.04. The molecule has 1 saturated heterocycles. The minimum atomic E-state index is -4.96. The molecule has 0 bridgehead atoms. The molecule has 6 nitrogen and oxygen atoms in total. The van der Waals surface area contributed by atoms with Crippen LogP contribution in [-0.2, 0) is 21.9 Å². The van der Waals surface area contributed by atoms with Gasteiger partial charge in [0.1, 0.15) is 0 Å². The second-order valence-corrected chi connectivity index (χ2v) is 11.1.